The van der Waals surface area contributed by atoms with Crippen LogP contribution in [0.2, 0.25) is 4.34 Å². The molecule has 0 radical (unpaired) electrons. The van der Waals surface area contributed by atoms with Gasteiger partial charge in [-0.1, -0.05) is 17.7 Å². The summed E-state index contributed by atoms with van der Waals surface area (Å²) in [7, 11) is 0. The molecule has 1 atom stereocenters. The van der Waals surface area contributed by atoms with Crippen molar-refractivity contribution in [1.29, 1.82) is 0 Å². The van der Waals surface area contributed by atoms with E-state index >= 15 is 0 Å². The van der Waals surface area contributed by atoms with E-state index in [1.54, 1.807) is 12.1 Å². The fourth-order valence-electron chi connectivity index (χ4n) is 1.47. The van der Waals surface area contributed by atoms with Crippen LogP contribution in [0.3, 0.4) is 0 Å². The molecule has 18 heavy (non-hydrogen) atoms. The summed E-state index contributed by atoms with van der Waals surface area (Å²) in [6.07, 6.45) is -0.0111. The smallest absolute Gasteiger partial charge is 0.261 e. The second kappa shape index (κ2) is 6.33. The van der Waals surface area contributed by atoms with E-state index < -0.39 is 6.10 Å². The largest absolute Gasteiger partial charge is 0.388 e. The van der Waals surface area contributed by atoms with Crippen LogP contribution in [0.1, 0.15) is 27.1 Å². The van der Waals surface area contributed by atoms with Crippen LogP contribution in [0.15, 0.2) is 29.6 Å². The quantitative estimate of drug-likeness (QED) is 0.890. The Morgan fingerprint density at radius 2 is 2.28 bits per heavy atom. The Morgan fingerprint density at radius 1 is 1.44 bits per heavy atom. The van der Waals surface area contributed by atoms with Crippen molar-refractivity contribution in [3.05, 3.63) is 43.7 Å². The first-order valence-electron chi connectivity index (χ1n) is 5.42. The first-order chi connectivity index (χ1) is 8.66. The molecule has 2 rings (SSSR count). The number of halogens is 1. The van der Waals surface area contributed by atoms with Crippen LogP contribution in [0, 0.1) is 0 Å². The first-order valence-corrected chi connectivity index (χ1v) is 7.49. The summed E-state index contributed by atoms with van der Waals surface area (Å²) >= 11 is 8.51. The molecule has 0 aliphatic carbocycles. The molecule has 1 amide bonds. The molecule has 0 spiro atoms. The van der Waals surface area contributed by atoms with Crippen molar-refractivity contribution in [1.82, 2.24) is 5.32 Å². The highest BCUT2D eigenvalue weighted by Crippen LogP contribution is 2.22. The Hall–Kier alpha value is -0.880. The van der Waals surface area contributed by atoms with Gasteiger partial charge in [-0.15, -0.1) is 22.7 Å². The van der Waals surface area contributed by atoms with Crippen LogP contribution >= 0.6 is 34.3 Å². The highest BCUT2D eigenvalue weighted by Gasteiger charge is 2.11. The maximum atomic E-state index is 11.7. The maximum Gasteiger partial charge on any atom is 0.261 e. The molecule has 0 saturated carbocycles. The SMILES string of the molecule is O=C(NCC[C@H](O)c1cccs1)c1ccc(Cl)s1. The molecule has 0 aromatic carbocycles. The average Bonchev–Trinajstić information content (AvgIpc) is 2.99. The van der Waals surface area contributed by atoms with Crippen molar-refractivity contribution < 1.29 is 9.90 Å². The van der Waals surface area contributed by atoms with Crippen LogP contribution in [-0.4, -0.2) is 17.6 Å². The molecule has 2 aromatic heterocycles. The van der Waals surface area contributed by atoms with Crippen LogP contribution in [-0.2, 0) is 0 Å². The number of hydrogen-bond acceptors (Lipinski definition) is 4. The Balaban J connectivity index is 1.77. The summed E-state index contributed by atoms with van der Waals surface area (Å²) in [6, 6.07) is 7.17. The minimum absolute atomic E-state index is 0.148. The molecule has 2 heterocycles. The third kappa shape index (κ3) is 3.55. The van der Waals surface area contributed by atoms with E-state index in [0.717, 1.165) is 4.88 Å². The number of amides is 1. The first kappa shape index (κ1) is 13.5. The van der Waals surface area contributed by atoms with Crippen LogP contribution in [0.4, 0.5) is 0 Å². The molecule has 2 N–H and O–H groups in total. The number of thiophene rings is 2. The number of carbonyl (C=O) groups is 1. The van der Waals surface area contributed by atoms with Crippen molar-refractivity contribution in [3.63, 3.8) is 0 Å². The lowest BCUT2D eigenvalue weighted by molar-refractivity contribution is 0.0947. The van der Waals surface area contributed by atoms with Gasteiger partial charge in [-0.2, -0.15) is 0 Å². The van der Waals surface area contributed by atoms with Gasteiger partial charge in [0.15, 0.2) is 0 Å². The lowest BCUT2D eigenvalue weighted by Gasteiger charge is -2.08. The van der Waals surface area contributed by atoms with Gasteiger partial charge in [0, 0.05) is 11.4 Å². The van der Waals surface area contributed by atoms with Crippen molar-refractivity contribution in [3.8, 4) is 0 Å². The summed E-state index contributed by atoms with van der Waals surface area (Å²) < 4.78 is 0.596. The van der Waals surface area contributed by atoms with Gasteiger partial charge in [0.1, 0.15) is 0 Å². The van der Waals surface area contributed by atoms with Crippen molar-refractivity contribution in [2.75, 3.05) is 6.54 Å². The van der Waals surface area contributed by atoms with Crippen LogP contribution in [0.25, 0.3) is 0 Å². The molecular formula is C12H12ClNO2S2. The van der Waals surface area contributed by atoms with Crippen molar-refractivity contribution >= 4 is 40.2 Å². The van der Waals surface area contributed by atoms with Gasteiger partial charge in [0.05, 0.1) is 15.3 Å². The molecule has 6 heteroatoms. The topological polar surface area (TPSA) is 49.3 Å². The molecule has 0 bridgehead atoms. The zero-order chi connectivity index (χ0) is 13.0. The number of hydrogen-bond donors (Lipinski definition) is 2. The van der Waals surface area contributed by atoms with E-state index in [1.165, 1.54) is 22.7 Å². The zero-order valence-electron chi connectivity index (χ0n) is 9.43. The van der Waals surface area contributed by atoms with E-state index in [4.69, 9.17) is 11.6 Å². The highest BCUT2D eigenvalue weighted by molar-refractivity contribution is 7.18. The highest BCUT2D eigenvalue weighted by atomic mass is 35.5. The van der Waals surface area contributed by atoms with E-state index in [2.05, 4.69) is 5.32 Å². The number of rotatable bonds is 5. The van der Waals surface area contributed by atoms with Crippen molar-refractivity contribution in [2.24, 2.45) is 0 Å². The summed E-state index contributed by atoms with van der Waals surface area (Å²) in [6.45, 7) is 0.438. The third-order valence-corrected chi connectivity index (χ3v) is 4.58. The maximum absolute atomic E-state index is 11.7. The lowest BCUT2D eigenvalue weighted by Crippen LogP contribution is -2.24. The van der Waals surface area contributed by atoms with Crippen molar-refractivity contribution in [2.45, 2.75) is 12.5 Å². The Bertz CT molecular complexity index is 510. The number of aliphatic hydroxyl groups is 1. The van der Waals surface area contributed by atoms with Gasteiger partial charge < -0.3 is 10.4 Å². The summed E-state index contributed by atoms with van der Waals surface area (Å²) in [4.78, 5) is 13.2. The van der Waals surface area contributed by atoms with E-state index in [9.17, 15) is 9.90 Å². The molecule has 0 fully saturated rings. The zero-order valence-corrected chi connectivity index (χ0v) is 11.8. The molecule has 0 saturated heterocycles. The van der Waals surface area contributed by atoms with Gasteiger partial charge in [-0.25, -0.2) is 0 Å². The standard InChI is InChI=1S/C12H12ClNO2S2/c13-11-4-3-10(18-11)12(16)14-6-5-8(15)9-2-1-7-17-9/h1-4,7-8,15H,5-6H2,(H,14,16)/t8-/m0/s1. The van der Waals surface area contributed by atoms with Crippen LogP contribution in [0.5, 0.6) is 0 Å². The number of aliphatic hydroxyl groups excluding tert-OH is 1. The van der Waals surface area contributed by atoms with Crippen LogP contribution < -0.4 is 5.32 Å². The molecule has 96 valence electrons. The fourth-order valence-corrected chi connectivity index (χ4v) is 3.17. The third-order valence-electron chi connectivity index (χ3n) is 2.37. The molecule has 2 aromatic rings. The summed E-state index contributed by atoms with van der Waals surface area (Å²) in [5.74, 6) is -0.148. The van der Waals surface area contributed by atoms with E-state index in [1.807, 2.05) is 17.5 Å². The number of carbonyl (C=O) groups excluding carboxylic acids is 1. The summed E-state index contributed by atoms with van der Waals surface area (Å²) in [5, 5.41) is 14.5. The van der Waals surface area contributed by atoms with Gasteiger partial charge in [-0.3, -0.25) is 4.79 Å². The predicted molar refractivity (Wildman–Crippen MR) is 75.6 cm³/mol. The lowest BCUT2D eigenvalue weighted by atomic mass is 10.2. The normalized spacial score (nSPS) is 12.3. The molecule has 0 aliphatic rings. The van der Waals surface area contributed by atoms with Gasteiger partial charge in [0.2, 0.25) is 0 Å². The molecule has 0 unspecified atom stereocenters. The number of nitrogens with one attached hydrogen (secondary N) is 1. The molecule has 3 nitrogen and oxygen atoms in total. The minimum atomic E-state index is -0.516. The molecule has 0 aliphatic heterocycles. The Labute approximate surface area is 118 Å². The monoisotopic (exact) mass is 301 g/mol. The Kier molecular flexibility index (Phi) is 4.77. The van der Waals surface area contributed by atoms with E-state index in [-0.39, 0.29) is 5.91 Å². The second-order valence-corrected chi connectivity index (χ2v) is 6.37. The van der Waals surface area contributed by atoms with E-state index in [0.29, 0.717) is 22.2 Å². The van der Waals surface area contributed by atoms with Gasteiger partial charge >= 0.3 is 0 Å². The fraction of sp³-hybridized carbons (Fsp3) is 0.250. The Morgan fingerprint density at radius 3 is 2.89 bits per heavy atom. The summed E-state index contributed by atoms with van der Waals surface area (Å²) in [5.41, 5.74) is 0. The average molecular weight is 302 g/mol. The van der Waals surface area contributed by atoms with Gasteiger partial charge in [-0.05, 0) is 30.0 Å². The second-order valence-electron chi connectivity index (χ2n) is 3.68. The predicted octanol–water partition coefficient (Wildman–Crippen LogP) is 3.32. The molecular weight excluding hydrogens is 290 g/mol. The minimum Gasteiger partial charge on any atom is -0.388 e. The van der Waals surface area contributed by atoms with Gasteiger partial charge in [0.25, 0.3) is 5.91 Å².